The van der Waals surface area contributed by atoms with Gasteiger partial charge >= 0.3 is 6.09 Å². The summed E-state index contributed by atoms with van der Waals surface area (Å²) in [6, 6.07) is 17.2. The molecule has 6 heteroatoms. The third-order valence-corrected chi connectivity index (χ3v) is 4.77. The summed E-state index contributed by atoms with van der Waals surface area (Å²) in [5.41, 5.74) is 1.68. The van der Waals surface area contributed by atoms with E-state index in [-0.39, 0.29) is 13.0 Å². The van der Waals surface area contributed by atoms with E-state index in [4.69, 9.17) is 4.74 Å². The third-order valence-electron chi connectivity index (χ3n) is 4.77. The minimum Gasteiger partial charge on any atom is -0.444 e. The zero-order valence-corrected chi connectivity index (χ0v) is 15.6. The van der Waals surface area contributed by atoms with Gasteiger partial charge in [-0.3, -0.25) is 4.79 Å². The van der Waals surface area contributed by atoms with E-state index in [9.17, 15) is 14.4 Å². The van der Waals surface area contributed by atoms with E-state index in [1.54, 1.807) is 0 Å². The monoisotopic (exact) mass is 380 g/mol. The van der Waals surface area contributed by atoms with Gasteiger partial charge in [0.15, 0.2) is 0 Å². The Morgan fingerprint density at radius 1 is 1.07 bits per heavy atom. The van der Waals surface area contributed by atoms with E-state index in [1.807, 2.05) is 60.7 Å². The molecule has 1 N–H and O–H groups in total. The van der Waals surface area contributed by atoms with Crippen molar-refractivity contribution in [2.75, 3.05) is 6.54 Å². The molecule has 0 spiro atoms. The summed E-state index contributed by atoms with van der Waals surface area (Å²) in [6.45, 7) is 0.756. The van der Waals surface area contributed by atoms with E-state index in [0.717, 1.165) is 22.4 Å². The smallest absolute Gasteiger partial charge is 0.417 e. The molecule has 0 radical (unpaired) electrons. The second-order valence-corrected chi connectivity index (χ2v) is 6.79. The van der Waals surface area contributed by atoms with Crippen LogP contribution in [0.5, 0.6) is 0 Å². The maximum atomic E-state index is 13.0. The minimum atomic E-state index is -0.916. The number of hydrogen-bond acceptors (Lipinski definition) is 5. The summed E-state index contributed by atoms with van der Waals surface area (Å²) in [4.78, 5) is 38.6. The van der Waals surface area contributed by atoms with Crippen molar-refractivity contribution in [3.05, 3.63) is 71.8 Å². The van der Waals surface area contributed by atoms with Crippen molar-refractivity contribution >= 4 is 18.3 Å². The molecule has 6 nitrogen and oxygen atoms in total. The molecule has 2 aromatic carbocycles. The van der Waals surface area contributed by atoms with Crippen molar-refractivity contribution < 1.29 is 19.1 Å². The van der Waals surface area contributed by atoms with Gasteiger partial charge in [-0.1, -0.05) is 60.7 Å². The quantitative estimate of drug-likeness (QED) is 0.748. The first-order valence-corrected chi connectivity index (χ1v) is 9.45. The van der Waals surface area contributed by atoms with Crippen LogP contribution in [0.15, 0.2) is 60.7 Å². The number of carbonyl (C=O) groups is 3. The van der Waals surface area contributed by atoms with Gasteiger partial charge in [0.25, 0.3) is 0 Å². The summed E-state index contributed by atoms with van der Waals surface area (Å²) in [5.74, 6) is -0.413. The summed E-state index contributed by atoms with van der Waals surface area (Å²) in [5, 5.41) is 3.09. The molecule has 3 rings (SSSR count). The zero-order valence-electron chi connectivity index (χ0n) is 15.6. The van der Waals surface area contributed by atoms with E-state index < -0.39 is 24.1 Å². The average molecular weight is 380 g/mol. The Morgan fingerprint density at radius 2 is 1.71 bits per heavy atom. The van der Waals surface area contributed by atoms with E-state index >= 15 is 0 Å². The largest absolute Gasteiger partial charge is 0.444 e. The maximum absolute atomic E-state index is 13.0. The van der Waals surface area contributed by atoms with Crippen LogP contribution in [0, 0.1) is 0 Å². The fourth-order valence-electron chi connectivity index (χ4n) is 3.30. The topological polar surface area (TPSA) is 75.7 Å². The van der Waals surface area contributed by atoms with Crippen LogP contribution in [0.1, 0.15) is 24.0 Å². The second-order valence-electron chi connectivity index (χ2n) is 6.79. The Labute approximate surface area is 164 Å². The van der Waals surface area contributed by atoms with Crippen molar-refractivity contribution in [3.8, 4) is 0 Å². The van der Waals surface area contributed by atoms with Crippen LogP contribution in [-0.4, -0.2) is 41.8 Å². The molecule has 1 heterocycles. The Balaban J connectivity index is 1.77. The molecule has 0 unspecified atom stereocenters. The van der Waals surface area contributed by atoms with Gasteiger partial charge in [0.05, 0.1) is 6.04 Å². The van der Waals surface area contributed by atoms with Crippen molar-refractivity contribution in [2.45, 2.75) is 38.0 Å². The van der Waals surface area contributed by atoms with Gasteiger partial charge in [0.1, 0.15) is 18.9 Å². The molecule has 0 aliphatic carbocycles. The van der Waals surface area contributed by atoms with Gasteiger partial charge in [-0.15, -0.1) is 0 Å². The number of imide groups is 1. The molecule has 146 valence electrons. The Bertz CT molecular complexity index is 789. The molecule has 1 aliphatic rings. The van der Waals surface area contributed by atoms with E-state index in [0.29, 0.717) is 19.3 Å². The summed E-state index contributed by atoms with van der Waals surface area (Å²) in [6.07, 6.45) is 1.59. The van der Waals surface area contributed by atoms with E-state index in [2.05, 4.69) is 5.32 Å². The highest BCUT2D eigenvalue weighted by molar-refractivity contribution is 5.97. The van der Waals surface area contributed by atoms with Gasteiger partial charge in [0.2, 0.25) is 5.91 Å². The molecule has 28 heavy (non-hydrogen) atoms. The van der Waals surface area contributed by atoms with Crippen molar-refractivity contribution in [1.29, 1.82) is 0 Å². The van der Waals surface area contributed by atoms with Crippen LogP contribution in [0.2, 0.25) is 0 Å². The van der Waals surface area contributed by atoms with Gasteiger partial charge in [-0.25, -0.2) is 9.69 Å². The molecule has 2 aromatic rings. The van der Waals surface area contributed by atoms with Gasteiger partial charge in [0, 0.05) is 6.42 Å². The van der Waals surface area contributed by atoms with Crippen molar-refractivity contribution in [1.82, 2.24) is 10.2 Å². The standard InChI is InChI=1S/C22H24N2O4/c25-15-19(14-17-8-3-1-4-9-17)24(21(26)20-12-7-13-23-20)22(27)28-16-18-10-5-2-6-11-18/h1-6,8-11,15,19-20,23H,7,12-14,16H2/t19-,20-/m0/s1. The average Bonchev–Trinajstić information content (AvgIpc) is 3.28. The molecule has 1 saturated heterocycles. The van der Waals surface area contributed by atoms with Gasteiger partial charge < -0.3 is 14.8 Å². The Morgan fingerprint density at radius 3 is 2.29 bits per heavy atom. The maximum Gasteiger partial charge on any atom is 0.417 e. The molecule has 2 atom stereocenters. The van der Waals surface area contributed by atoms with Crippen LogP contribution in [0.4, 0.5) is 4.79 Å². The molecular formula is C22H24N2O4. The van der Waals surface area contributed by atoms with Crippen LogP contribution in [0.25, 0.3) is 0 Å². The van der Waals surface area contributed by atoms with E-state index in [1.165, 1.54) is 0 Å². The van der Waals surface area contributed by atoms with Crippen molar-refractivity contribution in [3.63, 3.8) is 0 Å². The number of carbonyl (C=O) groups excluding carboxylic acids is 3. The molecule has 1 fully saturated rings. The van der Waals surface area contributed by atoms with Crippen LogP contribution >= 0.6 is 0 Å². The number of nitrogens with zero attached hydrogens (tertiary/aromatic N) is 1. The normalized spacial score (nSPS) is 16.9. The predicted molar refractivity (Wildman–Crippen MR) is 104 cm³/mol. The molecule has 0 saturated carbocycles. The first-order valence-electron chi connectivity index (χ1n) is 9.45. The predicted octanol–water partition coefficient (Wildman–Crippen LogP) is 2.71. The first-order chi connectivity index (χ1) is 13.7. The lowest BCUT2D eigenvalue weighted by Crippen LogP contribution is -2.53. The Kier molecular flexibility index (Phi) is 6.92. The van der Waals surface area contributed by atoms with Gasteiger partial charge in [-0.2, -0.15) is 0 Å². The lowest BCUT2D eigenvalue weighted by atomic mass is 10.0. The zero-order chi connectivity index (χ0) is 19.8. The number of amides is 2. The molecule has 1 aliphatic heterocycles. The molecular weight excluding hydrogens is 356 g/mol. The number of hydrogen-bond donors (Lipinski definition) is 1. The molecule has 0 aromatic heterocycles. The highest BCUT2D eigenvalue weighted by Gasteiger charge is 2.36. The number of nitrogens with one attached hydrogen (secondary N) is 1. The number of benzene rings is 2. The number of rotatable bonds is 7. The van der Waals surface area contributed by atoms with Gasteiger partial charge in [-0.05, 0) is 30.5 Å². The third kappa shape index (κ3) is 5.04. The van der Waals surface area contributed by atoms with Crippen LogP contribution < -0.4 is 5.32 Å². The molecule has 2 amide bonds. The highest BCUT2D eigenvalue weighted by Crippen LogP contribution is 2.16. The number of aldehydes is 1. The summed E-state index contributed by atoms with van der Waals surface area (Å²) in [7, 11) is 0. The minimum absolute atomic E-state index is 0.0401. The second kappa shape index (κ2) is 9.80. The fourth-order valence-corrected chi connectivity index (χ4v) is 3.30. The lowest BCUT2D eigenvalue weighted by Gasteiger charge is -2.28. The van der Waals surface area contributed by atoms with Crippen molar-refractivity contribution in [2.24, 2.45) is 0 Å². The van der Waals surface area contributed by atoms with Crippen LogP contribution in [-0.2, 0) is 27.4 Å². The highest BCUT2D eigenvalue weighted by atomic mass is 16.6. The summed E-state index contributed by atoms with van der Waals surface area (Å²) >= 11 is 0. The fraction of sp³-hybridized carbons (Fsp3) is 0.318. The number of ether oxygens (including phenoxy) is 1. The van der Waals surface area contributed by atoms with Crippen LogP contribution in [0.3, 0.4) is 0 Å². The SMILES string of the molecule is O=C[C@H](Cc1ccccc1)N(C(=O)OCc1ccccc1)C(=O)[C@@H]1CCCN1. The molecule has 0 bridgehead atoms. The lowest BCUT2D eigenvalue weighted by molar-refractivity contribution is -0.136. The Hall–Kier alpha value is -2.99. The summed E-state index contributed by atoms with van der Waals surface area (Å²) < 4.78 is 5.37. The first kappa shape index (κ1) is 19.8.